The molecule has 0 aromatic carbocycles. The van der Waals surface area contributed by atoms with E-state index in [4.69, 9.17) is 0 Å². The fraction of sp³-hybridized carbons (Fsp3) is 0.900. The molecule has 2 aliphatic heterocycles. The van der Waals surface area contributed by atoms with Crippen LogP contribution in [0.15, 0.2) is 0 Å². The molecule has 2 aliphatic rings. The normalized spacial score (nSPS) is 29.1. The molecule has 0 spiro atoms. The van der Waals surface area contributed by atoms with Crippen LogP contribution in [0.25, 0.3) is 0 Å². The Balaban J connectivity index is 1.99. The average Bonchev–Trinajstić information content (AvgIpc) is 2.23. The van der Waals surface area contributed by atoms with Crippen LogP contribution < -0.4 is 5.32 Å². The van der Waals surface area contributed by atoms with Gasteiger partial charge in [-0.2, -0.15) is 0 Å². The maximum atomic E-state index is 12.0. The van der Waals surface area contributed by atoms with Crippen LogP contribution in [-0.4, -0.2) is 61.0 Å². The summed E-state index contributed by atoms with van der Waals surface area (Å²) in [6, 6.07) is 0.115. The van der Waals surface area contributed by atoms with E-state index in [9.17, 15) is 4.79 Å². The molecule has 1 unspecified atom stereocenters. The zero-order chi connectivity index (χ0) is 9.97. The van der Waals surface area contributed by atoms with Gasteiger partial charge in [0.05, 0.1) is 0 Å². The van der Waals surface area contributed by atoms with Gasteiger partial charge in [-0.05, 0) is 6.42 Å². The second-order valence-electron chi connectivity index (χ2n) is 4.08. The third-order valence-electron chi connectivity index (χ3n) is 3.10. The summed E-state index contributed by atoms with van der Waals surface area (Å²) in [4.78, 5) is 16.3. The molecule has 4 nitrogen and oxygen atoms in total. The molecule has 0 aromatic heterocycles. The number of carbonyl (C=O) groups excluding carboxylic acids is 1. The van der Waals surface area contributed by atoms with Crippen LogP contribution in [-0.2, 0) is 4.79 Å². The zero-order valence-electron chi connectivity index (χ0n) is 8.83. The molecule has 0 saturated carbocycles. The second kappa shape index (κ2) is 4.28. The molecule has 2 fully saturated rings. The molecular formula is C10H19N3O. The van der Waals surface area contributed by atoms with Crippen molar-refractivity contribution in [2.24, 2.45) is 0 Å². The van der Waals surface area contributed by atoms with Crippen molar-refractivity contribution < 1.29 is 4.79 Å². The fourth-order valence-corrected chi connectivity index (χ4v) is 2.32. The largest absolute Gasteiger partial charge is 0.340 e. The van der Waals surface area contributed by atoms with E-state index in [0.29, 0.717) is 5.91 Å². The minimum atomic E-state index is 0.115. The third-order valence-corrected chi connectivity index (χ3v) is 3.10. The van der Waals surface area contributed by atoms with Gasteiger partial charge in [0.15, 0.2) is 0 Å². The number of hydrogen-bond donors (Lipinski definition) is 1. The molecule has 0 aliphatic carbocycles. The summed E-state index contributed by atoms with van der Waals surface area (Å²) < 4.78 is 0. The highest BCUT2D eigenvalue weighted by atomic mass is 16.2. The minimum absolute atomic E-state index is 0.115. The highest BCUT2D eigenvalue weighted by Gasteiger charge is 2.35. The Morgan fingerprint density at radius 1 is 1.43 bits per heavy atom. The lowest BCUT2D eigenvalue weighted by molar-refractivity contribution is -0.142. The van der Waals surface area contributed by atoms with E-state index in [1.807, 2.05) is 4.90 Å². The molecule has 14 heavy (non-hydrogen) atoms. The smallest absolute Gasteiger partial charge is 0.241 e. The summed E-state index contributed by atoms with van der Waals surface area (Å²) in [7, 11) is 0. The Morgan fingerprint density at radius 2 is 2.29 bits per heavy atom. The predicted octanol–water partition coefficient (Wildman–Crippen LogP) is -0.488. The Morgan fingerprint density at radius 3 is 3.07 bits per heavy atom. The Bertz CT molecular complexity index is 219. The molecule has 2 saturated heterocycles. The summed E-state index contributed by atoms with van der Waals surface area (Å²) in [6.45, 7) is 7.90. The van der Waals surface area contributed by atoms with Crippen LogP contribution >= 0.6 is 0 Å². The van der Waals surface area contributed by atoms with Gasteiger partial charge in [0.1, 0.15) is 6.04 Å². The van der Waals surface area contributed by atoms with Gasteiger partial charge in [-0.1, -0.05) is 6.92 Å². The predicted molar refractivity (Wildman–Crippen MR) is 55.1 cm³/mol. The van der Waals surface area contributed by atoms with E-state index >= 15 is 0 Å². The van der Waals surface area contributed by atoms with Gasteiger partial charge in [0.25, 0.3) is 0 Å². The second-order valence-corrected chi connectivity index (χ2v) is 4.08. The molecule has 0 aromatic rings. The van der Waals surface area contributed by atoms with E-state index in [-0.39, 0.29) is 6.04 Å². The van der Waals surface area contributed by atoms with Crippen LogP contribution in [0.4, 0.5) is 0 Å². The number of carbonyl (C=O) groups is 1. The zero-order valence-corrected chi connectivity index (χ0v) is 8.83. The van der Waals surface area contributed by atoms with Crippen molar-refractivity contribution >= 4 is 5.91 Å². The van der Waals surface area contributed by atoms with E-state index < -0.39 is 0 Å². The monoisotopic (exact) mass is 197 g/mol. The SMILES string of the molecule is CCCN1CCN2CCNCC2C1=O. The molecule has 0 radical (unpaired) electrons. The Kier molecular flexibility index (Phi) is 3.03. The van der Waals surface area contributed by atoms with Crippen LogP contribution in [0.5, 0.6) is 0 Å². The fourth-order valence-electron chi connectivity index (χ4n) is 2.32. The maximum Gasteiger partial charge on any atom is 0.241 e. The van der Waals surface area contributed by atoms with Gasteiger partial charge in [0.2, 0.25) is 5.91 Å². The average molecular weight is 197 g/mol. The molecule has 2 heterocycles. The Hall–Kier alpha value is -0.610. The summed E-state index contributed by atoms with van der Waals surface area (Å²) in [6.07, 6.45) is 1.06. The highest BCUT2D eigenvalue weighted by molar-refractivity contribution is 5.83. The highest BCUT2D eigenvalue weighted by Crippen LogP contribution is 2.13. The van der Waals surface area contributed by atoms with Gasteiger partial charge in [-0.3, -0.25) is 9.69 Å². The first-order valence-electron chi connectivity index (χ1n) is 5.56. The number of amides is 1. The van der Waals surface area contributed by atoms with Gasteiger partial charge in [-0.15, -0.1) is 0 Å². The van der Waals surface area contributed by atoms with Gasteiger partial charge < -0.3 is 10.2 Å². The maximum absolute atomic E-state index is 12.0. The standard InChI is InChI=1S/C10H19N3O/c1-2-4-13-7-6-12-5-3-11-8-9(12)10(13)14/h9,11H,2-8H2,1H3. The first kappa shape index (κ1) is 9.93. The lowest BCUT2D eigenvalue weighted by Gasteiger charge is -2.43. The number of hydrogen-bond acceptors (Lipinski definition) is 3. The number of nitrogens with zero attached hydrogens (tertiary/aromatic N) is 2. The Labute approximate surface area is 85.2 Å². The summed E-state index contributed by atoms with van der Waals surface area (Å²) in [5.41, 5.74) is 0. The quantitative estimate of drug-likeness (QED) is 0.649. The lowest BCUT2D eigenvalue weighted by Crippen LogP contribution is -2.64. The summed E-state index contributed by atoms with van der Waals surface area (Å²) in [5, 5.41) is 3.29. The number of piperazine rings is 2. The molecule has 0 bridgehead atoms. The van der Waals surface area contributed by atoms with Gasteiger partial charge in [0, 0.05) is 39.3 Å². The van der Waals surface area contributed by atoms with Crippen LogP contribution in [0.2, 0.25) is 0 Å². The van der Waals surface area contributed by atoms with Crippen molar-refractivity contribution in [3.63, 3.8) is 0 Å². The van der Waals surface area contributed by atoms with Crippen molar-refractivity contribution in [2.75, 3.05) is 39.3 Å². The van der Waals surface area contributed by atoms with E-state index in [1.54, 1.807) is 0 Å². The van der Waals surface area contributed by atoms with Crippen molar-refractivity contribution in [1.29, 1.82) is 0 Å². The molecule has 1 N–H and O–H groups in total. The lowest BCUT2D eigenvalue weighted by atomic mass is 10.1. The van der Waals surface area contributed by atoms with Crippen LogP contribution in [0.3, 0.4) is 0 Å². The first-order chi connectivity index (χ1) is 6.83. The molecule has 2 rings (SSSR count). The third kappa shape index (κ3) is 1.77. The summed E-state index contributed by atoms with van der Waals surface area (Å²) >= 11 is 0. The van der Waals surface area contributed by atoms with Gasteiger partial charge >= 0.3 is 0 Å². The van der Waals surface area contributed by atoms with Crippen molar-refractivity contribution in [2.45, 2.75) is 19.4 Å². The van der Waals surface area contributed by atoms with Crippen molar-refractivity contribution in [1.82, 2.24) is 15.1 Å². The van der Waals surface area contributed by atoms with E-state index in [0.717, 1.165) is 45.7 Å². The van der Waals surface area contributed by atoms with Crippen molar-refractivity contribution in [3.05, 3.63) is 0 Å². The first-order valence-corrected chi connectivity index (χ1v) is 5.56. The van der Waals surface area contributed by atoms with E-state index in [1.165, 1.54) is 0 Å². The van der Waals surface area contributed by atoms with E-state index in [2.05, 4.69) is 17.1 Å². The van der Waals surface area contributed by atoms with Crippen LogP contribution in [0, 0.1) is 0 Å². The number of fused-ring (bicyclic) bond motifs is 1. The molecule has 4 heteroatoms. The van der Waals surface area contributed by atoms with Crippen molar-refractivity contribution in [3.8, 4) is 0 Å². The molecule has 80 valence electrons. The summed E-state index contributed by atoms with van der Waals surface area (Å²) in [5.74, 6) is 0.324. The number of rotatable bonds is 2. The van der Waals surface area contributed by atoms with Gasteiger partial charge in [-0.25, -0.2) is 0 Å². The molecule has 1 amide bonds. The molecule has 1 atom stereocenters. The van der Waals surface area contributed by atoms with Crippen LogP contribution in [0.1, 0.15) is 13.3 Å². The molecular weight excluding hydrogens is 178 g/mol. The topological polar surface area (TPSA) is 35.6 Å². The minimum Gasteiger partial charge on any atom is -0.340 e. The number of nitrogens with one attached hydrogen (secondary N) is 1.